The molecule has 2 aromatic rings. The van der Waals surface area contributed by atoms with Crippen molar-refractivity contribution in [2.75, 3.05) is 19.4 Å². The third kappa shape index (κ3) is 3.59. The second kappa shape index (κ2) is 6.89. The Balaban J connectivity index is 1.73. The first-order valence-electron chi connectivity index (χ1n) is 8.14. The molecule has 0 bridgehead atoms. The number of carbonyl (C=O) groups excluding carboxylic acids is 1. The Morgan fingerprint density at radius 3 is 3.00 bits per heavy atom. The van der Waals surface area contributed by atoms with Crippen molar-refractivity contribution < 1.29 is 9.53 Å². The number of methoxy groups -OCH3 is 1. The molecule has 1 N–H and O–H groups in total. The minimum absolute atomic E-state index is 0.130. The summed E-state index contributed by atoms with van der Waals surface area (Å²) in [4.78, 5) is 12.4. The summed E-state index contributed by atoms with van der Waals surface area (Å²) in [6, 6.07) is 7.62. The predicted octanol–water partition coefficient (Wildman–Crippen LogP) is 3.20. The van der Waals surface area contributed by atoms with E-state index in [0.717, 1.165) is 23.4 Å². The van der Waals surface area contributed by atoms with Crippen LogP contribution in [0.3, 0.4) is 0 Å². The van der Waals surface area contributed by atoms with Gasteiger partial charge in [-0.25, -0.2) is 4.68 Å². The molecule has 24 heavy (non-hydrogen) atoms. The fourth-order valence-electron chi connectivity index (χ4n) is 2.89. The van der Waals surface area contributed by atoms with Crippen LogP contribution in [0.1, 0.15) is 35.8 Å². The molecule has 5 nitrogen and oxygen atoms in total. The number of hydrogen-bond acceptors (Lipinski definition) is 4. The second-order valence-corrected chi connectivity index (χ2v) is 8.09. The smallest absolute Gasteiger partial charge is 0.271 e. The third-order valence-corrected chi connectivity index (χ3v) is 5.86. The highest BCUT2D eigenvalue weighted by molar-refractivity contribution is 8.00. The van der Waals surface area contributed by atoms with E-state index in [2.05, 4.69) is 17.3 Å². The van der Waals surface area contributed by atoms with E-state index in [1.807, 2.05) is 36.9 Å². The van der Waals surface area contributed by atoms with Gasteiger partial charge in [0.1, 0.15) is 11.4 Å². The first-order chi connectivity index (χ1) is 11.5. The number of hydrogen-bond donors (Lipinski definition) is 1. The van der Waals surface area contributed by atoms with E-state index in [1.165, 1.54) is 12.2 Å². The van der Waals surface area contributed by atoms with Gasteiger partial charge in [0, 0.05) is 17.5 Å². The molecule has 1 saturated heterocycles. The van der Waals surface area contributed by atoms with Crippen molar-refractivity contribution in [3.63, 3.8) is 0 Å². The van der Waals surface area contributed by atoms with E-state index in [-0.39, 0.29) is 10.7 Å². The van der Waals surface area contributed by atoms with Crippen LogP contribution in [0.2, 0.25) is 0 Å². The van der Waals surface area contributed by atoms with Crippen LogP contribution in [-0.2, 0) is 0 Å². The number of aryl methyl sites for hydroxylation is 1. The number of rotatable bonds is 5. The van der Waals surface area contributed by atoms with Crippen molar-refractivity contribution in [1.82, 2.24) is 15.1 Å². The Hall–Kier alpha value is -1.95. The van der Waals surface area contributed by atoms with Crippen molar-refractivity contribution >= 4 is 17.7 Å². The molecule has 6 heteroatoms. The Bertz CT molecular complexity index is 736. The highest BCUT2D eigenvalue weighted by Gasteiger charge is 2.30. The molecule has 3 rings (SSSR count). The van der Waals surface area contributed by atoms with Gasteiger partial charge in [-0.3, -0.25) is 4.79 Å². The van der Waals surface area contributed by atoms with Gasteiger partial charge in [-0.2, -0.15) is 16.9 Å². The van der Waals surface area contributed by atoms with E-state index in [0.29, 0.717) is 12.2 Å². The normalized spacial score (nSPS) is 20.1. The molecule has 1 unspecified atom stereocenters. The summed E-state index contributed by atoms with van der Waals surface area (Å²) in [5.41, 5.74) is 2.36. The zero-order chi connectivity index (χ0) is 17.2. The van der Waals surface area contributed by atoms with Crippen LogP contribution in [0.5, 0.6) is 5.75 Å². The number of carbonyl (C=O) groups is 1. The maximum Gasteiger partial charge on any atom is 0.271 e. The van der Waals surface area contributed by atoms with Crippen molar-refractivity contribution in [1.29, 1.82) is 0 Å². The second-order valence-electron chi connectivity index (χ2n) is 6.41. The van der Waals surface area contributed by atoms with E-state index < -0.39 is 0 Å². The summed E-state index contributed by atoms with van der Waals surface area (Å²) >= 11 is 1.93. The fraction of sp³-hybridized carbons (Fsp3) is 0.444. The predicted molar refractivity (Wildman–Crippen MR) is 97.3 cm³/mol. The summed E-state index contributed by atoms with van der Waals surface area (Å²) in [6.45, 7) is 4.90. The molecule has 1 aromatic heterocycles. The summed E-state index contributed by atoms with van der Waals surface area (Å²) < 4.78 is 7.23. The van der Waals surface area contributed by atoms with E-state index in [4.69, 9.17) is 4.74 Å². The lowest BCUT2D eigenvalue weighted by molar-refractivity contribution is 0.0944. The number of thioether (sulfide) groups is 1. The molecule has 1 fully saturated rings. The van der Waals surface area contributed by atoms with Crippen molar-refractivity contribution in [3.05, 3.63) is 41.7 Å². The molecular weight excluding hydrogens is 322 g/mol. The van der Waals surface area contributed by atoms with Crippen LogP contribution >= 0.6 is 11.8 Å². The molecule has 1 atom stereocenters. The lowest BCUT2D eigenvalue weighted by atomic mass is 10.1. The molecule has 0 radical (unpaired) electrons. The van der Waals surface area contributed by atoms with Gasteiger partial charge >= 0.3 is 0 Å². The number of nitrogens with zero attached hydrogens (tertiary/aromatic N) is 2. The maximum absolute atomic E-state index is 12.4. The highest BCUT2D eigenvalue weighted by atomic mass is 32.2. The van der Waals surface area contributed by atoms with Gasteiger partial charge < -0.3 is 10.1 Å². The maximum atomic E-state index is 12.4. The highest BCUT2D eigenvalue weighted by Crippen LogP contribution is 2.37. The topological polar surface area (TPSA) is 56.1 Å². The minimum Gasteiger partial charge on any atom is -0.494 e. The van der Waals surface area contributed by atoms with Crippen LogP contribution in [0.15, 0.2) is 30.5 Å². The average Bonchev–Trinajstić information content (AvgIpc) is 3.22. The molecule has 0 saturated carbocycles. The lowest BCUT2D eigenvalue weighted by Gasteiger charge is -2.22. The van der Waals surface area contributed by atoms with E-state index in [1.54, 1.807) is 24.1 Å². The summed E-state index contributed by atoms with van der Waals surface area (Å²) in [5, 5.41) is 7.44. The summed E-state index contributed by atoms with van der Waals surface area (Å²) in [5.74, 6) is 1.77. The van der Waals surface area contributed by atoms with Gasteiger partial charge in [0.15, 0.2) is 5.69 Å². The monoisotopic (exact) mass is 345 g/mol. The Kier molecular flexibility index (Phi) is 4.85. The number of aromatic nitrogens is 2. The Morgan fingerprint density at radius 1 is 1.46 bits per heavy atom. The molecule has 1 aromatic carbocycles. The van der Waals surface area contributed by atoms with Crippen molar-refractivity contribution in [2.45, 2.75) is 31.4 Å². The standard InChI is InChI=1S/C18H23N3O2S/c1-13-5-6-16(23-3)15(11-13)21-9-7-14(20-21)17(22)19-12-18(2)8-4-10-24-18/h5-7,9,11H,4,8,10,12H2,1-3H3,(H,19,22). The molecule has 1 aliphatic heterocycles. The molecular formula is C18H23N3O2S. The van der Waals surface area contributed by atoms with Crippen LogP contribution in [0, 0.1) is 6.92 Å². The van der Waals surface area contributed by atoms with Crippen LogP contribution in [0.25, 0.3) is 5.69 Å². The Morgan fingerprint density at radius 2 is 2.29 bits per heavy atom. The number of ether oxygens (including phenoxy) is 1. The molecule has 1 aliphatic rings. The first kappa shape index (κ1) is 16.9. The van der Waals surface area contributed by atoms with E-state index in [9.17, 15) is 4.79 Å². The lowest BCUT2D eigenvalue weighted by Crippen LogP contribution is -2.36. The largest absolute Gasteiger partial charge is 0.494 e. The summed E-state index contributed by atoms with van der Waals surface area (Å²) in [6.07, 6.45) is 4.16. The van der Waals surface area contributed by atoms with Crippen LogP contribution < -0.4 is 10.1 Å². The SMILES string of the molecule is COc1ccc(C)cc1-n1ccc(C(=O)NCC2(C)CCCS2)n1. The van der Waals surface area contributed by atoms with Crippen LogP contribution in [-0.4, -0.2) is 39.8 Å². The molecule has 0 spiro atoms. The first-order valence-corrected chi connectivity index (χ1v) is 9.12. The van der Waals surface area contributed by atoms with Gasteiger partial charge in [-0.15, -0.1) is 0 Å². The zero-order valence-electron chi connectivity index (χ0n) is 14.3. The molecule has 2 heterocycles. The molecule has 1 amide bonds. The minimum atomic E-state index is -0.130. The van der Waals surface area contributed by atoms with Crippen LogP contribution in [0.4, 0.5) is 0 Å². The van der Waals surface area contributed by atoms with Gasteiger partial charge in [-0.1, -0.05) is 6.07 Å². The fourth-order valence-corrected chi connectivity index (χ4v) is 4.14. The van der Waals surface area contributed by atoms with Crippen molar-refractivity contribution in [3.8, 4) is 11.4 Å². The Labute approximate surface area is 146 Å². The van der Waals surface area contributed by atoms with Gasteiger partial charge in [0.25, 0.3) is 5.91 Å². The molecule has 0 aliphatic carbocycles. The van der Waals surface area contributed by atoms with Gasteiger partial charge in [0.2, 0.25) is 0 Å². The molecule has 128 valence electrons. The van der Waals surface area contributed by atoms with Gasteiger partial charge in [-0.05, 0) is 56.2 Å². The average molecular weight is 345 g/mol. The summed E-state index contributed by atoms with van der Waals surface area (Å²) in [7, 11) is 1.63. The number of nitrogens with one attached hydrogen (secondary N) is 1. The van der Waals surface area contributed by atoms with Gasteiger partial charge in [0.05, 0.1) is 7.11 Å². The van der Waals surface area contributed by atoms with E-state index >= 15 is 0 Å². The number of amides is 1. The van der Waals surface area contributed by atoms with Crippen molar-refractivity contribution in [2.24, 2.45) is 0 Å². The number of benzene rings is 1. The third-order valence-electron chi connectivity index (χ3n) is 4.33. The zero-order valence-corrected chi connectivity index (χ0v) is 15.2. The quantitative estimate of drug-likeness (QED) is 0.904.